The molecule has 0 spiro atoms. The lowest BCUT2D eigenvalue weighted by molar-refractivity contribution is 0.238. The number of halogens is 1. The first kappa shape index (κ1) is 24.5. The fourth-order valence-corrected chi connectivity index (χ4v) is 5.55. The largest absolute Gasteiger partial charge is 0.367 e. The summed E-state index contributed by atoms with van der Waals surface area (Å²) >= 11 is 1.79. The number of carbonyl (C=O) groups is 1. The molecule has 0 unspecified atom stereocenters. The third-order valence-electron chi connectivity index (χ3n) is 5.66. The molecule has 4 rings (SSSR count). The van der Waals surface area contributed by atoms with Crippen LogP contribution in [0.25, 0.3) is 10.9 Å². The monoisotopic (exact) mass is 594 g/mol. The average Bonchev–Trinajstić information content (AvgIpc) is 2.93. The van der Waals surface area contributed by atoms with Crippen LogP contribution in [0.15, 0.2) is 47.4 Å². The van der Waals surface area contributed by atoms with E-state index in [-0.39, 0.29) is 18.3 Å². The van der Waals surface area contributed by atoms with Gasteiger partial charge in [-0.2, -0.15) is 4.98 Å². The molecule has 0 saturated carbocycles. The molecule has 0 aliphatic carbocycles. The molecule has 0 saturated heterocycles. The van der Waals surface area contributed by atoms with Gasteiger partial charge < -0.3 is 15.5 Å². The highest BCUT2D eigenvalue weighted by Gasteiger charge is 2.27. The van der Waals surface area contributed by atoms with Crippen LogP contribution >= 0.6 is 22.9 Å². The number of aromatic nitrogens is 2. The number of hydrogen-bond donors (Lipinski definition) is 3. The van der Waals surface area contributed by atoms with Gasteiger partial charge in [0.05, 0.1) is 44.6 Å². The van der Waals surface area contributed by atoms with Crippen molar-refractivity contribution in [1.29, 1.82) is 0 Å². The topological polar surface area (TPSA) is 116 Å². The zero-order chi connectivity index (χ0) is 24.5. The summed E-state index contributed by atoms with van der Waals surface area (Å²) in [5, 5.41) is 7.14. The lowest BCUT2D eigenvalue weighted by Crippen LogP contribution is -2.50. The average molecular weight is 594 g/mol. The number of anilines is 2. The second-order valence-electron chi connectivity index (χ2n) is 9.03. The molecule has 2 amide bonds. The number of aryl methyl sites for hydroxylation is 1. The van der Waals surface area contributed by atoms with Gasteiger partial charge in [-0.1, -0.05) is 29.8 Å². The van der Waals surface area contributed by atoms with Crippen LogP contribution in [0.3, 0.4) is 0 Å². The molecule has 0 bridgehead atoms. The Hall–Kier alpha value is -2.67. The Morgan fingerprint density at radius 2 is 1.94 bits per heavy atom. The summed E-state index contributed by atoms with van der Waals surface area (Å²) in [5.74, 6) is 1.08. The Morgan fingerprint density at radius 3 is 2.71 bits per heavy atom. The fourth-order valence-electron chi connectivity index (χ4n) is 3.92. The van der Waals surface area contributed by atoms with Crippen molar-refractivity contribution in [2.45, 2.75) is 37.8 Å². The SMILES string of the molecule is Cc1ccc2nc(N3CCS(=O)(=O)c4ccccc4C3)nc(NCC(C)(C)NC(=O)NI)c2c1. The number of fused-ring (bicyclic) bond motifs is 2. The molecule has 3 N–H and O–H groups in total. The number of sulfone groups is 1. The number of hydrogen-bond acceptors (Lipinski definition) is 7. The van der Waals surface area contributed by atoms with E-state index in [2.05, 4.69) is 14.2 Å². The van der Waals surface area contributed by atoms with Crippen molar-refractivity contribution in [1.82, 2.24) is 18.8 Å². The van der Waals surface area contributed by atoms with Crippen LogP contribution in [-0.4, -0.2) is 48.8 Å². The number of carbonyl (C=O) groups excluding carboxylic acids is 1. The zero-order valence-electron chi connectivity index (χ0n) is 19.2. The standard InChI is InChI=1S/C23H27IN6O3S/c1-15-8-9-18-17(12-15)20(25-14-23(2,3)28-22(31)29-24)27-21(26-18)30-10-11-34(32,33)19-7-5-4-6-16(19)13-30/h4-9,12H,10-11,13-14H2,1-3H3,(H,25,26,27)(H2,28,29,31). The van der Waals surface area contributed by atoms with Gasteiger partial charge in [0.1, 0.15) is 5.82 Å². The summed E-state index contributed by atoms with van der Waals surface area (Å²) in [4.78, 5) is 23.7. The van der Waals surface area contributed by atoms with Gasteiger partial charge in [0.2, 0.25) is 5.95 Å². The fraction of sp³-hybridized carbons (Fsp3) is 0.348. The number of benzene rings is 2. The van der Waals surface area contributed by atoms with E-state index in [1.165, 1.54) is 0 Å². The predicted octanol–water partition coefficient (Wildman–Crippen LogP) is 3.57. The number of urea groups is 1. The van der Waals surface area contributed by atoms with Gasteiger partial charge in [0, 0.05) is 25.0 Å². The predicted molar refractivity (Wildman–Crippen MR) is 142 cm³/mol. The van der Waals surface area contributed by atoms with Gasteiger partial charge in [0.15, 0.2) is 9.84 Å². The van der Waals surface area contributed by atoms with Crippen molar-refractivity contribution in [3.05, 3.63) is 53.6 Å². The van der Waals surface area contributed by atoms with E-state index in [1.54, 1.807) is 35.0 Å². The Kier molecular flexibility index (Phi) is 6.85. The Bertz CT molecular complexity index is 1350. The maximum atomic E-state index is 12.8. The quantitative estimate of drug-likeness (QED) is 0.306. The summed E-state index contributed by atoms with van der Waals surface area (Å²) in [6, 6.07) is 12.8. The summed E-state index contributed by atoms with van der Waals surface area (Å²) in [7, 11) is -3.38. The Balaban J connectivity index is 1.71. The second kappa shape index (κ2) is 9.53. The summed E-state index contributed by atoms with van der Waals surface area (Å²) in [5.41, 5.74) is 2.02. The highest BCUT2D eigenvalue weighted by atomic mass is 127. The molecule has 2 aromatic carbocycles. The van der Waals surface area contributed by atoms with Gasteiger partial charge in [-0.3, -0.25) is 3.53 Å². The van der Waals surface area contributed by atoms with E-state index in [0.29, 0.717) is 29.8 Å². The third kappa shape index (κ3) is 5.35. The van der Waals surface area contributed by atoms with Gasteiger partial charge in [0.25, 0.3) is 0 Å². The Labute approximate surface area is 213 Å². The molecule has 180 valence electrons. The third-order valence-corrected chi connectivity index (χ3v) is 7.93. The maximum Gasteiger partial charge on any atom is 0.323 e. The molecular formula is C23H27IN6O3S. The molecule has 1 aromatic heterocycles. The van der Waals surface area contributed by atoms with Crippen molar-refractivity contribution < 1.29 is 13.2 Å². The zero-order valence-corrected chi connectivity index (χ0v) is 22.2. The van der Waals surface area contributed by atoms with Gasteiger partial charge in [-0.15, -0.1) is 0 Å². The lowest BCUT2D eigenvalue weighted by Gasteiger charge is -2.27. The van der Waals surface area contributed by atoms with Crippen molar-refractivity contribution in [3.63, 3.8) is 0 Å². The summed E-state index contributed by atoms with van der Waals surface area (Å²) < 4.78 is 28.1. The maximum absolute atomic E-state index is 12.8. The molecule has 2 heterocycles. The molecule has 11 heteroatoms. The minimum atomic E-state index is -3.38. The molecule has 34 heavy (non-hydrogen) atoms. The van der Waals surface area contributed by atoms with E-state index < -0.39 is 15.4 Å². The smallest absolute Gasteiger partial charge is 0.323 e. The van der Waals surface area contributed by atoms with E-state index in [9.17, 15) is 13.2 Å². The van der Waals surface area contributed by atoms with Crippen molar-refractivity contribution in [2.24, 2.45) is 0 Å². The molecule has 0 atom stereocenters. The number of nitrogens with one attached hydrogen (secondary N) is 3. The molecule has 9 nitrogen and oxygen atoms in total. The van der Waals surface area contributed by atoms with Crippen LogP contribution in [0.5, 0.6) is 0 Å². The van der Waals surface area contributed by atoms with E-state index in [1.807, 2.05) is 56.0 Å². The molecule has 1 aliphatic heterocycles. The molecule has 0 radical (unpaired) electrons. The normalized spacial score (nSPS) is 15.4. The highest BCUT2D eigenvalue weighted by Crippen LogP contribution is 2.29. The molecule has 3 aromatic rings. The van der Waals surface area contributed by atoms with Crippen LogP contribution in [0.2, 0.25) is 0 Å². The highest BCUT2D eigenvalue weighted by molar-refractivity contribution is 14.1. The number of rotatable bonds is 5. The van der Waals surface area contributed by atoms with Gasteiger partial charge in [-0.05, 0) is 44.5 Å². The van der Waals surface area contributed by atoms with E-state index in [0.717, 1.165) is 22.0 Å². The van der Waals surface area contributed by atoms with Crippen LogP contribution in [0.1, 0.15) is 25.0 Å². The minimum absolute atomic E-state index is 0.00949. The van der Waals surface area contributed by atoms with Crippen LogP contribution in [-0.2, 0) is 16.4 Å². The molecule has 0 fully saturated rings. The van der Waals surface area contributed by atoms with Gasteiger partial charge >= 0.3 is 6.03 Å². The summed E-state index contributed by atoms with van der Waals surface area (Å²) in [6.07, 6.45) is 0. The second-order valence-corrected chi connectivity index (χ2v) is 11.6. The van der Waals surface area contributed by atoms with Crippen LogP contribution in [0.4, 0.5) is 16.6 Å². The van der Waals surface area contributed by atoms with Crippen molar-refractivity contribution >= 4 is 61.4 Å². The molecular weight excluding hydrogens is 567 g/mol. The first-order chi connectivity index (χ1) is 16.1. The minimum Gasteiger partial charge on any atom is -0.367 e. The van der Waals surface area contributed by atoms with Crippen molar-refractivity contribution in [3.8, 4) is 0 Å². The number of amides is 2. The van der Waals surface area contributed by atoms with Crippen LogP contribution < -0.4 is 19.1 Å². The van der Waals surface area contributed by atoms with E-state index in [4.69, 9.17) is 9.97 Å². The van der Waals surface area contributed by atoms with Gasteiger partial charge in [-0.25, -0.2) is 18.2 Å². The van der Waals surface area contributed by atoms with E-state index >= 15 is 0 Å². The lowest BCUT2D eigenvalue weighted by atomic mass is 10.1. The summed E-state index contributed by atoms with van der Waals surface area (Å²) in [6.45, 7) is 6.94. The first-order valence-electron chi connectivity index (χ1n) is 10.8. The first-order valence-corrected chi connectivity index (χ1v) is 13.6. The number of nitrogens with zero attached hydrogens (tertiary/aromatic N) is 3. The molecule has 1 aliphatic rings. The Morgan fingerprint density at radius 1 is 1.18 bits per heavy atom. The van der Waals surface area contributed by atoms with Crippen molar-refractivity contribution in [2.75, 3.05) is 29.1 Å². The van der Waals surface area contributed by atoms with Crippen LogP contribution in [0, 0.1) is 6.92 Å².